The van der Waals surface area contributed by atoms with Crippen LogP contribution in [0.25, 0.3) is 5.65 Å². The van der Waals surface area contributed by atoms with Gasteiger partial charge in [-0.15, -0.1) is 0 Å². The molecular formula is C17H19N5. The third-order valence-corrected chi connectivity index (χ3v) is 4.21. The maximum Gasteiger partial charge on any atom is 0.180 e. The van der Waals surface area contributed by atoms with Gasteiger partial charge in [0.25, 0.3) is 0 Å². The predicted molar refractivity (Wildman–Crippen MR) is 86.9 cm³/mol. The third-order valence-electron chi connectivity index (χ3n) is 4.21. The van der Waals surface area contributed by atoms with Crippen molar-refractivity contribution in [3.63, 3.8) is 0 Å². The van der Waals surface area contributed by atoms with E-state index in [0.717, 1.165) is 44.2 Å². The monoisotopic (exact) mass is 293 g/mol. The lowest BCUT2D eigenvalue weighted by molar-refractivity contribution is 0.249. The molecule has 0 bridgehead atoms. The lowest BCUT2D eigenvalue weighted by Gasteiger charge is -2.35. The molecule has 22 heavy (non-hydrogen) atoms. The van der Waals surface area contributed by atoms with Crippen LogP contribution in [-0.4, -0.2) is 45.4 Å². The van der Waals surface area contributed by atoms with E-state index in [0.29, 0.717) is 0 Å². The molecule has 0 aliphatic carbocycles. The van der Waals surface area contributed by atoms with Crippen molar-refractivity contribution >= 4 is 11.5 Å². The number of fused-ring (bicyclic) bond motifs is 1. The second kappa shape index (κ2) is 5.77. The molecule has 0 N–H and O–H groups in total. The fourth-order valence-electron chi connectivity index (χ4n) is 3.02. The van der Waals surface area contributed by atoms with Crippen LogP contribution in [0.4, 0.5) is 5.82 Å². The second-order valence-electron chi connectivity index (χ2n) is 5.66. The second-order valence-corrected chi connectivity index (χ2v) is 5.66. The SMILES string of the molecule is c1ccc(CN2CCN(c3nccn4ccnc34)CC2)cc1. The average Bonchev–Trinajstić information content (AvgIpc) is 3.05. The molecule has 3 heterocycles. The molecule has 0 amide bonds. The zero-order chi connectivity index (χ0) is 14.8. The Morgan fingerprint density at radius 1 is 0.864 bits per heavy atom. The minimum Gasteiger partial charge on any atom is -0.351 e. The summed E-state index contributed by atoms with van der Waals surface area (Å²) in [5, 5.41) is 0. The fourth-order valence-corrected chi connectivity index (χ4v) is 3.02. The van der Waals surface area contributed by atoms with Gasteiger partial charge in [-0.2, -0.15) is 0 Å². The van der Waals surface area contributed by atoms with Gasteiger partial charge in [0.1, 0.15) is 0 Å². The Morgan fingerprint density at radius 3 is 2.36 bits per heavy atom. The van der Waals surface area contributed by atoms with E-state index in [1.807, 2.05) is 29.2 Å². The third kappa shape index (κ3) is 2.55. The zero-order valence-electron chi connectivity index (χ0n) is 12.5. The van der Waals surface area contributed by atoms with E-state index in [1.54, 1.807) is 0 Å². The summed E-state index contributed by atoms with van der Waals surface area (Å²) in [6.07, 6.45) is 7.58. The normalized spacial score (nSPS) is 16.3. The first kappa shape index (κ1) is 13.3. The molecule has 0 unspecified atom stereocenters. The highest BCUT2D eigenvalue weighted by Gasteiger charge is 2.20. The van der Waals surface area contributed by atoms with Crippen LogP contribution in [0.1, 0.15) is 5.56 Å². The lowest BCUT2D eigenvalue weighted by atomic mass is 10.2. The summed E-state index contributed by atoms with van der Waals surface area (Å²) in [5.74, 6) is 0.992. The molecule has 0 atom stereocenters. The summed E-state index contributed by atoms with van der Waals surface area (Å²) in [6.45, 7) is 5.12. The topological polar surface area (TPSA) is 36.7 Å². The summed E-state index contributed by atoms with van der Waals surface area (Å²) < 4.78 is 2.03. The Labute approximate surface area is 129 Å². The van der Waals surface area contributed by atoms with Crippen molar-refractivity contribution in [1.29, 1.82) is 0 Å². The van der Waals surface area contributed by atoms with Crippen LogP contribution in [0.2, 0.25) is 0 Å². The molecule has 1 aliphatic rings. The van der Waals surface area contributed by atoms with Crippen molar-refractivity contribution in [1.82, 2.24) is 19.3 Å². The molecule has 112 valence electrons. The van der Waals surface area contributed by atoms with E-state index in [-0.39, 0.29) is 0 Å². The summed E-state index contributed by atoms with van der Waals surface area (Å²) in [6, 6.07) is 10.7. The number of imidazole rings is 1. The molecule has 0 saturated carbocycles. The Hall–Kier alpha value is -2.40. The van der Waals surface area contributed by atoms with Gasteiger partial charge >= 0.3 is 0 Å². The van der Waals surface area contributed by atoms with Crippen LogP contribution in [0.5, 0.6) is 0 Å². The summed E-state index contributed by atoms with van der Waals surface area (Å²) in [4.78, 5) is 13.8. The van der Waals surface area contributed by atoms with Crippen molar-refractivity contribution in [2.75, 3.05) is 31.1 Å². The number of hydrogen-bond donors (Lipinski definition) is 0. The predicted octanol–water partition coefficient (Wildman–Crippen LogP) is 2.05. The van der Waals surface area contributed by atoms with Crippen LogP contribution < -0.4 is 4.90 Å². The van der Waals surface area contributed by atoms with E-state index >= 15 is 0 Å². The maximum atomic E-state index is 4.54. The van der Waals surface area contributed by atoms with Crippen molar-refractivity contribution in [3.05, 3.63) is 60.7 Å². The van der Waals surface area contributed by atoms with Gasteiger partial charge in [-0.25, -0.2) is 9.97 Å². The molecule has 2 aromatic heterocycles. The number of piperazine rings is 1. The molecule has 4 rings (SSSR count). The van der Waals surface area contributed by atoms with Gasteiger partial charge in [0.05, 0.1) is 0 Å². The van der Waals surface area contributed by atoms with Gasteiger partial charge in [-0.05, 0) is 5.56 Å². The first-order chi connectivity index (χ1) is 10.9. The van der Waals surface area contributed by atoms with Gasteiger partial charge in [-0.1, -0.05) is 30.3 Å². The molecule has 3 aromatic rings. The summed E-state index contributed by atoms with van der Waals surface area (Å²) >= 11 is 0. The van der Waals surface area contributed by atoms with Gasteiger partial charge in [0, 0.05) is 57.5 Å². The first-order valence-electron chi connectivity index (χ1n) is 7.69. The Morgan fingerprint density at radius 2 is 1.59 bits per heavy atom. The highest BCUT2D eigenvalue weighted by molar-refractivity contribution is 5.64. The standard InChI is InChI=1S/C17H19N5/c1-2-4-15(5-3-1)14-20-10-12-22(13-11-20)17-16-18-6-8-21(16)9-7-19-17/h1-9H,10-14H2. The Balaban J connectivity index is 1.45. The van der Waals surface area contributed by atoms with E-state index in [4.69, 9.17) is 0 Å². The highest BCUT2D eigenvalue weighted by atomic mass is 15.3. The lowest BCUT2D eigenvalue weighted by Crippen LogP contribution is -2.46. The minimum absolute atomic E-state index is 0.944. The molecule has 1 saturated heterocycles. The summed E-state index contributed by atoms with van der Waals surface area (Å²) in [5.41, 5.74) is 2.32. The number of hydrogen-bond acceptors (Lipinski definition) is 4. The van der Waals surface area contributed by atoms with Gasteiger partial charge < -0.3 is 9.30 Å². The van der Waals surface area contributed by atoms with Crippen molar-refractivity contribution in [2.45, 2.75) is 6.54 Å². The zero-order valence-corrected chi connectivity index (χ0v) is 12.5. The summed E-state index contributed by atoms with van der Waals surface area (Å²) in [7, 11) is 0. The number of nitrogens with zero attached hydrogens (tertiary/aromatic N) is 5. The Kier molecular flexibility index (Phi) is 3.48. The van der Waals surface area contributed by atoms with Crippen LogP contribution >= 0.6 is 0 Å². The maximum absolute atomic E-state index is 4.54. The van der Waals surface area contributed by atoms with E-state index in [9.17, 15) is 0 Å². The van der Waals surface area contributed by atoms with Gasteiger partial charge in [0.15, 0.2) is 11.5 Å². The minimum atomic E-state index is 0.944. The molecule has 1 aromatic carbocycles. The molecule has 0 spiro atoms. The molecule has 1 aliphatic heterocycles. The molecular weight excluding hydrogens is 274 g/mol. The Bertz CT molecular complexity index is 744. The smallest absolute Gasteiger partial charge is 0.180 e. The van der Waals surface area contributed by atoms with E-state index in [1.165, 1.54) is 5.56 Å². The molecule has 5 nitrogen and oxygen atoms in total. The van der Waals surface area contributed by atoms with Crippen LogP contribution in [0, 0.1) is 0 Å². The fraction of sp³-hybridized carbons (Fsp3) is 0.294. The van der Waals surface area contributed by atoms with Crippen molar-refractivity contribution < 1.29 is 0 Å². The quantitative estimate of drug-likeness (QED) is 0.740. The van der Waals surface area contributed by atoms with E-state index < -0.39 is 0 Å². The van der Waals surface area contributed by atoms with Gasteiger partial charge in [-0.3, -0.25) is 4.90 Å². The first-order valence-corrected chi connectivity index (χ1v) is 7.69. The average molecular weight is 293 g/mol. The van der Waals surface area contributed by atoms with Crippen LogP contribution in [0.15, 0.2) is 55.1 Å². The molecule has 1 fully saturated rings. The molecule has 0 radical (unpaired) electrons. The molecule has 5 heteroatoms. The number of benzene rings is 1. The van der Waals surface area contributed by atoms with Crippen LogP contribution in [0.3, 0.4) is 0 Å². The van der Waals surface area contributed by atoms with Gasteiger partial charge in [0.2, 0.25) is 0 Å². The number of aromatic nitrogens is 3. The van der Waals surface area contributed by atoms with Crippen molar-refractivity contribution in [3.8, 4) is 0 Å². The highest BCUT2D eigenvalue weighted by Crippen LogP contribution is 2.19. The van der Waals surface area contributed by atoms with E-state index in [2.05, 4.69) is 50.1 Å². The number of anilines is 1. The van der Waals surface area contributed by atoms with Crippen LogP contribution in [-0.2, 0) is 6.54 Å². The van der Waals surface area contributed by atoms with Crippen molar-refractivity contribution in [2.24, 2.45) is 0 Å². The number of rotatable bonds is 3. The largest absolute Gasteiger partial charge is 0.351 e.